The lowest BCUT2D eigenvalue weighted by molar-refractivity contribution is 0.471. The molecule has 0 aliphatic carbocycles. The molecule has 2 rings (SSSR count). The van der Waals surface area contributed by atoms with Gasteiger partial charge in [-0.05, 0) is 53.0 Å². The Morgan fingerprint density at radius 2 is 2.00 bits per heavy atom. The molecule has 1 unspecified atom stereocenters. The zero-order chi connectivity index (χ0) is 13.8. The summed E-state index contributed by atoms with van der Waals surface area (Å²) in [5.41, 5.74) is 6.94. The number of ether oxygens (including phenoxy) is 1. The lowest BCUT2D eigenvalue weighted by Gasteiger charge is -2.13. The van der Waals surface area contributed by atoms with Gasteiger partial charge in [-0.2, -0.15) is 0 Å². The van der Waals surface area contributed by atoms with Crippen LogP contribution in [0.1, 0.15) is 12.5 Å². The minimum atomic E-state index is 0.0872. The monoisotopic (exact) mass is 384 g/mol. The van der Waals surface area contributed by atoms with E-state index in [0.29, 0.717) is 5.75 Å². The van der Waals surface area contributed by atoms with Gasteiger partial charge in [0.2, 0.25) is 0 Å². The van der Waals surface area contributed by atoms with Crippen LogP contribution in [0.3, 0.4) is 0 Å². The Bertz CT molecular complexity index is 573. The third-order valence-corrected chi connectivity index (χ3v) is 3.41. The lowest BCUT2D eigenvalue weighted by atomic mass is 10.1. The second kappa shape index (κ2) is 6.50. The standard InChI is InChI=1S/C14H14Br2N2O/c1-9(17)4-10-2-3-11(15)6-14(10)19-13-5-12(16)7-18-8-13/h2-3,5-9H,4,17H2,1H3. The van der Waals surface area contributed by atoms with E-state index in [1.54, 1.807) is 12.4 Å². The number of hydrogen-bond donors (Lipinski definition) is 1. The number of nitrogens with zero attached hydrogens (tertiary/aromatic N) is 1. The van der Waals surface area contributed by atoms with Gasteiger partial charge in [-0.25, -0.2) is 0 Å². The number of benzene rings is 1. The van der Waals surface area contributed by atoms with Crippen LogP contribution < -0.4 is 10.5 Å². The van der Waals surface area contributed by atoms with Gasteiger partial charge >= 0.3 is 0 Å². The van der Waals surface area contributed by atoms with E-state index < -0.39 is 0 Å². The van der Waals surface area contributed by atoms with Crippen molar-refractivity contribution in [3.05, 3.63) is 51.2 Å². The molecule has 1 aromatic heterocycles. The molecule has 19 heavy (non-hydrogen) atoms. The van der Waals surface area contributed by atoms with Gasteiger partial charge in [0.05, 0.1) is 6.20 Å². The molecule has 2 aromatic rings. The Hall–Kier alpha value is -0.910. The van der Waals surface area contributed by atoms with Crippen LogP contribution in [0, 0.1) is 0 Å². The Morgan fingerprint density at radius 1 is 1.21 bits per heavy atom. The highest BCUT2D eigenvalue weighted by Gasteiger charge is 2.08. The average molecular weight is 386 g/mol. The van der Waals surface area contributed by atoms with Gasteiger partial charge in [-0.3, -0.25) is 4.98 Å². The van der Waals surface area contributed by atoms with Crippen molar-refractivity contribution in [2.75, 3.05) is 0 Å². The summed E-state index contributed by atoms with van der Waals surface area (Å²) in [6.45, 7) is 1.98. The average Bonchev–Trinajstić information content (AvgIpc) is 2.32. The highest BCUT2D eigenvalue weighted by molar-refractivity contribution is 9.10. The molecular weight excluding hydrogens is 372 g/mol. The van der Waals surface area contributed by atoms with Crippen molar-refractivity contribution in [3.8, 4) is 11.5 Å². The van der Waals surface area contributed by atoms with E-state index in [1.165, 1.54) is 0 Å². The predicted octanol–water partition coefficient (Wildman–Crippen LogP) is 4.29. The number of hydrogen-bond acceptors (Lipinski definition) is 3. The van der Waals surface area contributed by atoms with Crippen molar-refractivity contribution in [2.24, 2.45) is 5.73 Å². The molecule has 0 amide bonds. The van der Waals surface area contributed by atoms with E-state index in [2.05, 4.69) is 36.8 Å². The van der Waals surface area contributed by atoms with Crippen LogP contribution in [-0.2, 0) is 6.42 Å². The van der Waals surface area contributed by atoms with E-state index in [4.69, 9.17) is 10.5 Å². The van der Waals surface area contributed by atoms with Gasteiger partial charge in [-0.1, -0.05) is 22.0 Å². The third kappa shape index (κ3) is 4.30. The SMILES string of the molecule is CC(N)Cc1ccc(Br)cc1Oc1cncc(Br)c1. The largest absolute Gasteiger partial charge is 0.455 e. The Labute approximate surface area is 129 Å². The first kappa shape index (κ1) is 14.5. The summed E-state index contributed by atoms with van der Waals surface area (Å²) in [6, 6.07) is 7.92. The summed E-state index contributed by atoms with van der Waals surface area (Å²) in [4.78, 5) is 4.09. The first-order valence-electron chi connectivity index (χ1n) is 5.87. The molecule has 0 saturated carbocycles. The van der Waals surface area contributed by atoms with Crippen LogP contribution in [0.15, 0.2) is 45.6 Å². The number of halogens is 2. The summed E-state index contributed by atoms with van der Waals surface area (Å²) >= 11 is 6.83. The smallest absolute Gasteiger partial charge is 0.146 e. The number of nitrogens with two attached hydrogens (primary N) is 1. The highest BCUT2D eigenvalue weighted by atomic mass is 79.9. The molecule has 100 valence electrons. The van der Waals surface area contributed by atoms with Crippen molar-refractivity contribution in [2.45, 2.75) is 19.4 Å². The van der Waals surface area contributed by atoms with Crippen molar-refractivity contribution in [1.29, 1.82) is 0 Å². The minimum Gasteiger partial charge on any atom is -0.455 e. The molecule has 0 saturated heterocycles. The molecular formula is C14H14Br2N2O. The van der Waals surface area contributed by atoms with Crippen molar-refractivity contribution >= 4 is 31.9 Å². The van der Waals surface area contributed by atoms with E-state index in [1.807, 2.05) is 31.2 Å². The van der Waals surface area contributed by atoms with Crippen molar-refractivity contribution < 1.29 is 4.74 Å². The molecule has 1 heterocycles. The fourth-order valence-electron chi connectivity index (χ4n) is 1.71. The minimum absolute atomic E-state index is 0.0872. The molecule has 1 atom stereocenters. The summed E-state index contributed by atoms with van der Waals surface area (Å²) in [7, 11) is 0. The van der Waals surface area contributed by atoms with Gasteiger partial charge in [-0.15, -0.1) is 0 Å². The van der Waals surface area contributed by atoms with Crippen molar-refractivity contribution in [1.82, 2.24) is 4.98 Å². The summed E-state index contributed by atoms with van der Waals surface area (Å²) in [5, 5.41) is 0. The quantitative estimate of drug-likeness (QED) is 0.853. The topological polar surface area (TPSA) is 48.1 Å². The molecule has 0 bridgehead atoms. The second-order valence-corrected chi connectivity index (χ2v) is 6.21. The first-order chi connectivity index (χ1) is 9.04. The van der Waals surface area contributed by atoms with E-state index in [-0.39, 0.29) is 6.04 Å². The maximum absolute atomic E-state index is 5.89. The molecule has 5 heteroatoms. The fraction of sp³-hybridized carbons (Fsp3) is 0.214. The Kier molecular flexibility index (Phi) is 4.96. The molecule has 0 aliphatic heterocycles. The Balaban J connectivity index is 2.30. The number of aromatic nitrogens is 1. The number of pyridine rings is 1. The number of rotatable bonds is 4. The maximum Gasteiger partial charge on any atom is 0.146 e. The van der Waals surface area contributed by atoms with Gasteiger partial charge < -0.3 is 10.5 Å². The van der Waals surface area contributed by atoms with Gasteiger partial charge in [0, 0.05) is 21.2 Å². The molecule has 0 fully saturated rings. The zero-order valence-electron chi connectivity index (χ0n) is 10.4. The summed E-state index contributed by atoms with van der Waals surface area (Å²) in [5.74, 6) is 1.49. The van der Waals surface area contributed by atoms with Gasteiger partial charge in [0.1, 0.15) is 11.5 Å². The zero-order valence-corrected chi connectivity index (χ0v) is 13.6. The Morgan fingerprint density at radius 3 is 2.68 bits per heavy atom. The van der Waals surface area contributed by atoms with E-state index in [9.17, 15) is 0 Å². The summed E-state index contributed by atoms with van der Waals surface area (Å²) in [6.07, 6.45) is 4.17. The molecule has 2 N–H and O–H groups in total. The first-order valence-corrected chi connectivity index (χ1v) is 7.45. The molecule has 3 nitrogen and oxygen atoms in total. The molecule has 1 aromatic carbocycles. The van der Waals surface area contributed by atoms with Crippen LogP contribution in [-0.4, -0.2) is 11.0 Å². The molecule has 0 aliphatic rings. The molecule has 0 spiro atoms. The lowest BCUT2D eigenvalue weighted by Crippen LogP contribution is -2.18. The third-order valence-electron chi connectivity index (χ3n) is 2.48. The van der Waals surface area contributed by atoms with Crippen LogP contribution in [0.5, 0.6) is 11.5 Å². The van der Waals surface area contributed by atoms with Crippen LogP contribution in [0.4, 0.5) is 0 Å². The van der Waals surface area contributed by atoms with E-state index in [0.717, 1.165) is 26.7 Å². The van der Waals surface area contributed by atoms with Crippen LogP contribution in [0.2, 0.25) is 0 Å². The highest BCUT2D eigenvalue weighted by Crippen LogP contribution is 2.30. The maximum atomic E-state index is 5.89. The second-order valence-electron chi connectivity index (χ2n) is 4.37. The van der Waals surface area contributed by atoms with E-state index >= 15 is 0 Å². The van der Waals surface area contributed by atoms with Crippen LogP contribution >= 0.6 is 31.9 Å². The molecule has 0 radical (unpaired) electrons. The fourth-order valence-corrected chi connectivity index (χ4v) is 2.40. The summed E-state index contributed by atoms with van der Waals surface area (Å²) < 4.78 is 7.75. The van der Waals surface area contributed by atoms with Gasteiger partial charge in [0.15, 0.2) is 0 Å². The van der Waals surface area contributed by atoms with Gasteiger partial charge in [0.25, 0.3) is 0 Å². The predicted molar refractivity (Wildman–Crippen MR) is 83.5 cm³/mol. The normalized spacial score (nSPS) is 12.2. The van der Waals surface area contributed by atoms with Crippen molar-refractivity contribution in [3.63, 3.8) is 0 Å². The van der Waals surface area contributed by atoms with Crippen LogP contribution in [0.25, 0.3) is 0 Å².